The molecule has 6 heteroatoms. The lowest BCUT2D eigenvalue weighted by molar-refractivity contribution is -0.0667. The van der Waals surface area contributed by atoms with Gasteiger partial charge in [0.15, 0.2) is 0 Å². The van der Waals surface area contributed by atoms with Crippen molar-refractivity contribution in [3.8, 4) is 0 Å². The van der Waals surface area contributed by atoms with Crippen molar-refractivity contribution in [1.29, 1.82) is 0 Å². The Kier molecular flexibility index (Phi) is 3.30. The van der Waals surface area contributed by atoms with Crippen molar-refractivity contribution < 1.29 is 4.79 Å². The first-order chi connectivity index (χ1) is 12.1. The summed E-state index contributed by atoms with van der Waals surface area (Å²) in [5, 5.41) is 8.69. The van der Waals surface area contributed by atoms with Gasteiger partial charge < -0.3 is 4.90 Å². The molecular formula is C19H25N5O. The number of nitrogens with zero attached hydrogens (tertiary/aromatic N) is 5. The second-order valence-electron chi connectivity index (χ2n) is 8.43. The SMILES string of the molecule is CN(C(=O)c1ccn(Cn2cccn2)n1)C12CC3CC(CC(C3)C1)C2. The van der Waals surface area contributed by atoms with E-state index in [9.17, 15) is 4.79 Å². The molecule has 0 aliphatic heterocycles. The first-order valence-electron chi connectivity index (χ1n) is 9.40. The summed E-state index contributed by atoms with van der Waals surface area (Å²) in [6.45, 7) is 0.529. The third kappa shape index (κ3) is 2.50. The van der Waals surface area contributed by atoms with Gasteiger partial charge in [-0.05, 0) is 68.4 Å². The maximum absolute atomic E-state index is 13.1. The molecule has 0 saturated heterocycles. The molecule has 0 radical (unpaired) electrons. The first kappa shape index (κ1) is 15.2. The Hall–Kier alpha value is -2.11. The fourth-order valence-corrected chi connectivity index (χ4v) is 5.95. The van der Waals surface area contributed by atoms with Crippen LogP contribution in [0.1, 0.15) is 49.0 Å². The molecule has 132 valence electrons. The zero-order chi connectivity index (χ0) is 17.0. The van der Waals surface area contributed by atoms with Crippen molar-refractivity contribution in [3.63, 3.8) is 0 Å². The highest BCUT2D eigenvalue weighted by atomic mass is 16.2. The summed E-state index contributed by atoms with van der Waals surface area (Å²) >= 11 is 0. The van der Waals surface area contributed by atoms with Crippen LogP contribution in [-0.4, -0.2) is 43.0 Å². The zero-order valence-electron chi connectivity index (χ0n) is 14.7. The van der Waals surface area contributed by atoms with Gasteiger partial charge in [-0.25, -0.2) is 0 Å². The highest BCUT2D eigenvalue weighted by Gasteiger charge is 2.53. The molecule has 2 aromatic rings. The minimum absolute atomic E-state index is 0.0705. The maximum atomic E-state index is 13.1. The van der Waals surface area contributed by atoms with Crippen LogP contribution in [0, 0.1) is 17.8 Å². The van der Waals surface area contributed by atoms with E-state index in [2.05, 4.69) is 10.2 Å². The number of rotatable bonds is 4. The van der Waals surface area contributed by atoms with E-state index in [1.165, 1.54) is 38.5 Å². The minimum Gasteiger partial charge on any atom is -0.335 e. The lowest BCUT2D eigenvalue weighted by atomic mass is 9.52. The Labute approximate surface area is 147 Å². The predicted octanol–water partition coefficient (Wildman–Crippen LogP) is 2.63. The molecule has 4 fully saturated rings. The van der Waals surface area contributed by atoms with Gasteiger partial charge in [0.05, 0.1) is 0 Å². The van der Waals surface area contributed by atoms with Crippen molar-refractivity contribution in [3.05, 3.63) is 36.4 Å². The van der Waals surface area contributed by atoms with Crippen molar-refractivity contribution in [2.24, 2.45) is 17.8 Å². The Morgan fingerprint density at radius 3 is 2.44 bits per heavy atom. The van der Waals surface area contributed by atoms with Crippen LogP contribution in [0.3, 0.4) is 0 Å². The molecule has 4 aliphatic carbocycles. The molecule has 0 N–H and O–H groups in total. The van der Waals surface area contributed by atoms with Crippen molar-refractivity contribution in [1.82, 2.24) is 24.5 Å². The van der Waals surface area contributed by atoms with Crippen LogP contribution in [-0.2, 0) is 6.67 Å². The van der Waals surface area contributed by atoms with Crippen LogP contribution in [0.5, 0.6) is 0 Å². The molecule has 4 bridgehead atoms. The van der Waals surface area contributed by atoms with Gasteiger partial charge in [0.1, 0.15) is 12.4 Å². The molecule has 0 aromatic carbocycles. The molecule has 2 heterocycles. The van der Waals surface area contributed by atoms with E-state index in [1.54, 1.807) is 15.6 Å². The molecule has 6 nitrogen and oxygen atoms in total. The third-order valence-corrected chi connectivity index (χ3v) is 6.73. The molecule has 6 rings (SSSR count). The number of carbonyl (C=O) groups excluding carboxylic acids is 1. The second-order valence-corrected chi connectivity index (χ2v) is 8.43. The molecule has 0 spiro atoms. The maximum Gasteiger partial charge on any atom is 0.274 e. The largest absolute Gasteiger partial charge is 0.335 e. The molecule has 0 unspecified atom stereocenters. The van der Waals surface area contributed by atoms with Crippen LogP contribution < -0.4 is 0 Å². The standard InChI is InChI=1S/C19H25N5O/c1-22(19-10-14-7-15(11-19)9-16(8-14)12-19)18(25)17-3-6-24(21-17)13-23-5-2-4-20-23/h2-6,14-16H,7-13H2,1H3. The fraction of sp³-hybridized carbons (Fsp3) is 0.632. The van der Waals surface area contributed by atoms with E-state index in [0.29, 0.717) is 12.4 Å². The van der Waals surface area contributed by atoms with Crippen molar-refractivity contribution in [2.75, 3.05) is 7.05 Å². The van der Waals surface area contributed by atoms with Gasteiger partial charge >= 0.3 is 0 Å². The average molecular weight is 339 g/mol. The van der Waals surface area contributed by atoms with E-state index < -0.39 is 0 Å². The number of hydrogen-bond donors (Lipinski definition) is 0. The Bertz CT molecular complexity index is 742. The molecule has 25 heavy (non-hydrogen) atoms. The lowest BCUT2D eigenvalue weighted by Gasteiger charge is -2.59. The quantitative estimate of drug-likeness (QED) is 0.860. The van der Waals surface area contributed by atoms with Crippen LogP contribution in [0.2, 0.25) is 0 Å². The second kappa shape index (κ2) is 5.44. The third-order valence-electron chi connectivity index (χ3n) is 6.73. The molecule has 4 saturated carbocycles. The summed E-state index contributed by atoms with van der Waals surface area (Å²) in [4.78, 5) is 15.1. The minimum atomic E-state index is 0.0705. The summed E-state index contributed by atoms with van der Waals surface area (Å²) in [6, 6.07) is 3.72. The molecule has 1 amide bonds. The monoisotopic (exact) mass is 339 g/mol. The average Bonchev–Trinajstić information content (AvgIpc) is 3.24. The fourth-order valence-electron chi connectivity index (χ4n) is 5.95. The summed E-state index contributed by atoms with van der Waals surface area (Å²) in [7, 11) is 2.00. The van der Waals surface area contributed by atoms with Gasteiger partial charge in [-0.3, -0.25) is 14.2 Å². The summed E-state index contributed by atoms with van der Waals surface area (Å²) < 4.78 is 3.57. The zero-order valence-corrected chi connectivity index (χ0v) is 14.7. The Morgan fingerprint density at radius 2 is 1.84 bits per heavy atom. The first-order valence-corrected chi connectivity index (χ1v) is 9.40. The smallest absolute Gasteiger partial charge is 0.274 e. The Balaban J connectivity index is 1.35. The highest BCUT2D eigenvalue weighted by molar-refractivity contribution is 5.92. The summed E-state index contributed by atoms with van der Waals surface area (Å²) in [5.74, 6) is 2.57. The van der Waals surface area contributed by atoms with E-state index in [4.69, 9.17) is 0 Å². The van der Waals surface area contributed by atoms with Gasteiger partial charge in [-0.2, -0.15) is 10.2 Å². The van der Waals surface area contributed by atoms with Gasteiger partial charge in [-0.1, -0.05) is 0 Å². The van der Waals surface area contributed by atoms with Crippen molar-refractivity contribution in [2.45, 2.75) is 50.7 Å². The predicted molar refractivity (Wildman–Crippen MR) is 92.8 cm³/mol. The summed E-state index contributed by atoms with van der Waals surface area (Å²) in [5.41, 5.74) is 0.628. The van der Waals surface area contributed by atoms with Gasteiger partial charge in [0, 0.05) is 31.2 Å². The molecule has 4 aliphatic rings. The molecular weight excluding hydrogens is 314 g/mol. The van der Waals surface area contributed by atoms with E-state index in [0.717, 1.165) is 17.8 Å². The number of aromatic nitrogens is 4. The molecule has 0 atom stereocenters. The lowest BCUT2D eigenvalue weighted by Crippen LogP contribution is -2.60. The topological polar surface area (TPSA) is 56.0 Å². The summed E-state index contributed by atoms with van der Waals surface area (Å²) in [6.07, 6.45) is 13.2. The normalized spacial score (nSPS) is 32.9. The highest BCUT2D eigenvalue weighted by Crippen LogP contribution is 2.57. The van der Waals surface area contributed by atoms with Crippen molar-refractivity contribution >= 4 is 5.91 Å². The van der Waals surface area contributed by atoms with Crippen LogP contribution >= 0.6 is 0 Å². The number of carbonyl (C=O) groups is 1. The van der Waals surface area contributed by atoms with Gasteiger partial charge in [0.2, 0.25) is 0 Å². The Morgan fingerprint density at radius 1 is 1.16 bits per heavy atom. The van der Waals surface area contributed by atoms with Gasteiger partial charge in [-0.15, -0.1) is 0 Å². The number of hydrogen-bond acceptors (Lipinski definition) is 3. The van der Waals surface area contributed by atoms with Crippen LogP contribution in [0.4, 0.5) is 0 Å². The number of amides is 1. The van der Waals surface area contributed by atoms with Gasteiger partial charge in [0.25, 0.3) is 5.91 Å². The van der Waals surface area contributed by atoms with E-state index >= 15 is 0 Å². The molecule has 2 aromatic heterocycles. The van der Waals surface area contributed by atoms with Crippen LogP contribution in [0.25, 0.3) is 0 Å². The van der Waals surface area contributed by atoms with Crippen LogP contribution in [0.15, 0.2) is 30.7 Å². The van der Waals surface area contributed by atoms with E-state index in [-0.39, 0.29) is 11.4 Å². The van der Waals surface area contributed by atoms with E-state index in [1.807, 2.05) is 36.5 Å².